The molecule has 116 valence electrons. The Morgan fingerprint density at radius 1 is 1.19 bits per heavy atom. The molecule has 0 aromatic heterocycles. The molecule has 21 heavy (non-hydrogen) atoms. The van der Waals surface area contributed by atoms with Crippen molar-refractivity contribution in [2.45, 2.75) is 30.3 Å². The van der Waals surface area contributed by atoms with Crippen molar-refractivity contribution in [2.75, 3.05) is 6.54 Å². The van der Waals surface area contributed by atoms with Gasteiger partial charge in [-0.2, -0.15) is 0 Å². The standard InChI is InChI=1S/C12H12Cl3NO4S/c13-7-6-11(21(15,18)19)8(14)5-10(7)20-9-3-1-2-4-16-12(9)17/h5-6,9H,1-4H2,(H,16,17). The molecule has 0 bridgehead atoms. The Labute approximate surface area is 136 Å². The van der Waals surface area contributed by atoms with Crippen molar-refractivity contribution in [3.8, 4) is 5.75 Å². The van der Waals surface area contributed by atoms with Gasteiger partial charge in [0.1, 0.15) is 10.6 Å². The fourth-order valence-electron chi connectivity index (χ4n) is 1.96. The zero-order valence-corrected chi connectivity index (χ0v) is 13.8. The molecule has 1 saturated heterocycles. The van der Waals surface area contributed by atoms with Gasteiger partial charge >= 0.3 is 0 Å². The normalized spacial score (nSPS) is 19.8. The topological polar surface area (TPSA) is 72.5 Å². The number of nitrogens with one attached hydrogen (secondary N) is 1. The van der Waals surface area contributed by atoms with Crippen LogP contribution in [0.3, 0.4) is 0 Å². The van der Waals surface area contributed by atoms with Crippen LogP contribution in [0.15, 0.2) is 17.0 Å². The second kappa shape index (κ2) is 6.60. The van der Waals surface area contributed by atoms with Crippen molar-refractivity contribution in [3.05, 3.63) is 22.2 Å². The van der Waals surface area contributed by atoms with E-state index < -0.39 is 15.2 Å². The predicted octanol–water partition coefficient (Wildman–Crippen LogP) is 2.97. The van der Waals surface area contributed by atoms with Gasteiger partial charge in [0, 0.05) is 23.3 Å². The average Bonchev–Trinajstić information content (AvgIpc) is 2.57. The molecule has 9 heteroatoms. The molecular weight excluding hydrogens is 361 g/mol. The number of benzene rings is 1. The maximum atomic E-state index is 11.8. The van der Waals surface area contributed by atoms with Crippen molar-refractivity contribution in [1.29, 1.82) is 0 Å². The van der Waals surface area contributed by atoms with E-state index in [2.05, 4.69) is 5.32 Å². The molecule has 1 aliphatic heterocycles. The smallest absolute Gasteiger partial charge is 0.262 e. The highest BCUT2D eigenvalue weighted by atomic mass is 35.7. The monoisotopic (exact) mass is 371 g/mol. The number of rotatable bonds is 3. The van der Waals surface area contributed by atoms with Crippen molar-refractivity contribution in [1.82, 2.24) is 5.32 Å². The zero-order chi connectivity index (χ0) is 15.6. The Balaban J connectivity index is 2.29. The molecule has 0 radical (unpaired) electrons. The van der Waals surface area contributed by atoms with Crippen LogP contribution in [0.25, 0.3) is 0 Å². The summed E-state index contributed by atoms with van der Waals surface area (Å²) in [6.45, 7) is 0.608. The maximum absolute atomic E-state index is 11.8. The SMILES string of the molecule is O=C1NCCCCC1Oc1cc(Cl)c(S(=O)(=O)Cl)cc1Cl. The molecule has 1 unspecified atom stereocenters. The van der Waals surface area contributed by atoms with Gasteiger partial charge in [-0.1, -0.05) is 23.2 Å². The lowest BCUT2D eigenvalue weighted by molar-refractivity contribution is -0.127. The van der Waals surface area contributed by atoms with Crippen LogP contribution in [-0.2, 0) is 13.8 Å². The van der Waals surface area contributed by atoms with Crippen LogP contribution in [0.4, 0.5) is 0 Å². The van der Waals surface area contributed by atoms with Crippen LogP contribution in [-0.4, -0.2) is 27.0 Å². The summed E-state index contributed by atoms with van der Waals surface area (Å²) in [6, 6.07) is 2.35. The number of carbonyl (C=O) groups is 1. The first-order chi connectivity index (χ1) is 9.79. The molecule has 0 saturated carbocycles. The molecule has 1 heterocycles. The minimum atomic E-state index is -4.00. The average molecular weight is 373 g/mol. The molecule has 1 amide bonds. The number of hydrogen-bond acceptors (Lipinski definition) is 4. The summed E-state index contributed by atoms with van der Waals surface area (Å²) in [7, 11) is 1.25. The zero-order valence-electron chi connectivity index (χ0n) is 10.7. The Morgan fingerprint density at radius 2 is 1.90 bits per heavy atom. The number of carbonyl (C=O) groups excluding carboxylic acids is 1. The Kier molecular flexibility index (Phi) is 5.24. The van der Waals surface area contributed by atoms with Gasteiger partial charge in [-0.3, -0.25) is 4.79 Å². The van der Waals surface area contributed by atoms with Gasteiger partial charge in [0.05, 0.1) is 10.0 Å². The number of ether oxygens (including phenoxy) is 1. The van der Waals surface area contributed by atoms with E-state index in [1.807, 2.05) is 0 Å². The predicted molar refractivity (Wildman–Crippen MR) is 80.8 cm³/mol. The summed E-state index contributed by atoms with van der Waals surface area (Å²) in [4.78, 5) is 11.5. The lowest BCUT2D eigenvalue weighted by Gasteiger charge is -2.17. The van der Waals surface area contributed by atoms with E-state index in [0.717, 1.165) is 18.9 Å². The summed E-state index contributed by atoms with van der Waals surface area (Å²) in [6.07, 6.45) is 1.58. The van der Waals surface area contributed by atoms with Gasteiger partial charge in [-0.25, -0.2) is 8.42 Å². The number of hydrogen-bond donors (Lipinski definition) is 1. The largest absolute Gasteiger partial charge is 0.479 e. The molecule has 5 nitrogen and oxygen atoms in total. The third kappa shape index (κ3) is 4.16. The first-order valence-electron chi connectivity index (χ1n) is 6.17. The van der Waals surface area contributed by atoms with Crippen molar-refractivity contribution >= 4 is 48.8 Å². The van der Waals surface area contributed by atoms with Crippen LogP contribution in [0.1, 0.15) is 19.3 Å². The van der Waals surface area contributed by atoms with E-state index in [1.54, 1.807) is 0 Å². The Morgan fingerprint density at radius 3 is 2.57 bits per heavy atom. The van der Waals surface area contributed by atoms with Crippen molar-refractivity contribution < 1.29 is 17.9 Å². The van der Waals surface area contributed by atoms with Gasteiger partial charge in [0.2, 0.25) is 0 Å². The van der Waals surface area contributed by atoms with E-state index in [-0.39, 0.29) is 26.6 Å². The molecule has 1 N–H and O–H groups in total. The fourth-order valence-corrected chi connectivity index (χ4v) is 3.75. The van der Waals surface area contributed by atoms with Crippen molar-refractivity contribution in [2.24, 2.45) is 0 Å². The third-order valence-corrected chi connectivity index (χ3v) is 5.09. The summed E-state index contributed by atoms with van der Waals surface area (Å²) in [5.74, 6) is -0.0819. The second-order valence-electron chi connectivity index (χ2n) is 4.54. The minimum Gasteiger partial charge on any atom is -0.479 e. The third-order valence-electron chi connectivity index (χ3n) is 3.00. The van der Waals surface area contributed by atoms with Gasteiger partial charge in [0.15, 0.2) is 6.10 Å². The minimum absolute atomic E-state index is 0.0238. The van der Waals surface area contributed by atoms with Gasteiger partial charge in [0.25, 0.3) is 15.0 Å². The molecule has 2 rings (SSSR count). The van der Waals surface area contributed by atoms with Crippen LogP contribution in [0, 0.1) is 0 Å². The first-order valence-corrected chi connectivity index (χ1v) is 9.23. The van der Waals surface area contributed by atoms with Gasteiger partial charge in [-0.05, 0) is 25.3 Å². The van der Waals surface area contributed by atoms with Crippen LogP contribution in [0.5, 0.6) is 5.75 Å². The summed E-state index contributed by atoms with van der Waals surface area (Å²) < 4.78 is 28.2. The van der Waals surface area contributed by atoms with E-state index in [4.69, 9.17) is 38.6 Å². The first kappa shape index (κ1) is 16.7. The molecule has 1 aromatic carbocycles. The van der Waals surface area contributed by atoms with E-state index in [9.17, 15) is 13.2 Å². The van der Waals surface area contributed by atoms with E-state index >= 15 is 0 Å². The van der Waals surface area contributed by atoms with Crippen LogP contribution in [0.2, 0.25) is 10.0 Å². The van der Waals surface area contributed by atoms with Gasteiger partial charge in [-0.15, -0.1) is 0 Å². The number of amides is 1. The second-order valence-corrected chi connectivity index (χ2v) is 7.89. The fraction of sp³-hybridized carbons (Fsp3) is 0.417. The van der Waals surface area contributed by atoms with Crippen molar-refractivity contribution in [3.63, 3.8) is 0 Å². The lowest BCUT2D eigenvalue weighted by Crippen LogP contribution is -2.36. The highest BCUT2D eigenvalue weighted by Gasteiger charge is 2.25. The summed E-state index contributed by atoms with van der Waals surface area (Å²) in [5.41, 5.74) is 0. The molecule has 1 atom stereocenters. The van der Waals surface area contributed by atoms with E-state index in [0.29, 0.717) is 13.0 Å². The molecule has 0 aliphatic carbocycles. The van der Waals surface area contributed by atoms with Crippen LogP contribution < -0.4 is 10.1 Å². The molecule has 1 aliphatic rings. The maximum Gasteiger partial charge on any atom is 0.262 e. The highest BCUT2D eigenvalue weighted by Crippen LogP contribution is 2.35. The molecule has 1 aromatic rings. The molecular formula is C12H12Cl3NO4S. The molecule has 0 spiro atoms. The quantitative estimate of drug-likeness (QED) is 0.828. The lowest BCUT2D eigenvalue weighted by atomic mass is 10.2. The molecule has 1 fully saturated rings. The Bertz CT molecular complexity index is 663. The van der Waals surface area contributed by atoms with Gasteiger partial charge < -0.3 is 10.1 Å². The highest BCUT2D eigenvalue weighted by molar-refractivity contribution is 8.13. The number of halogens is 3. The summed E-state index contributed by atoms with van der Waals surface area (Å²) >= 11 is 11.8. The summed E-state index contributed by atoms with van der Waals surface area (Å²) in [5, 5.41) is 2.64. The van der Waals surface area contributed by atoms with E-state index in [1.165, 1.54) is 6.07 Å². The van der Waals surface area contributed by atoms with Crippen LogP contribution >= 0.6 is 33.9 Å². The Hall–Kier alpha value is -0.690.